The van der Waals surface area contributed by atoms with Crippen LogP contribution in [0.25, 0.3) is 0 Å². The van der Waals surface area contributed by atoms with Gasteiger partial charge in [0.1, 0.15) is 0 Å². The number of rotatable bonds is 5. The van der Waals surface area contributed by atoms with E-state index >= 15 is 0 Å². The molecule has 1 fully saturated rings. The zero-order valence-electron chi connectivity index (χ0n) is 20.6. The van der Waals surface area contributed by atoms with Gasteiger partial charge in [0, 0.05) is 23.7 Å². The molecule has 1 aromatic carbocycles. The average molecular weight is 469 g/mol. The van der Waals surface area contributed by atoms with E-state index in [1.54, 1.807) is 6.07 Å². The maximum absolute atomic E-state index is 13.1. The van der Waals surface area contributed by atoms with E-state index in [1.807, 2.05) is 0 Å². The van der Waals surface area contributed by atoms with Gasteiger partial charge in [-0.05, 0) is 80.2 Å². The average Bonchev–Trinajstić information content (AvgIpc) is 2.78. The van der Waals surface area contributed by atoms with Gasteiger partial charge in [0.2, 0.25) is 5.95 Å². The zero-order chi connectivity index (χ0) is 23.8. The summed E-state index contributed by atoms with van der Waals surface area (Å²) < 4.78 is 20.2. The number of aromatic nitrogens is 1. The number of pyridine rings is 1. The fourth-order valence-electron chi connectivity index (χ4n) is 4.96. The molecular formula is C27H37FN2O2Si. The summed E-state index contributed by atoms with van der Waals surface area (Å²) in [5.41, 5.74) is 3.35. The molecule has 0 bridgehead atoms. The van der Waals surface area contributed by atoms with Crippen LogP contribution in [-0.4, -0.2) is 49.2 Å². The van der Waals surface area contributed by atoms with Crippen molar-refractivity contribution >= 4 is 14.1 Å². The van der Waals surface area contributed by atoms with E-state index < -0.39 is 14.3 Å². The number of Topliss-reactive ketones (excluding diaryl/α,β-unsaturated/α-hetero) is 1. The van der Waals surface area contributed by atoms with Crippen molar-refractivity contribution in [2.24, 2.45) is 5.92 Å². The first-order chi connectivity index (χ1) is 15.5. The Morgan fingerprint density at radius 2 is 1.70 bits per heavy atom. The van der Waals surface area contributed by atoms with Gasteiger partial charge in [0.25, 0.3) is 0 Å². The molecule has 2 unspecified atom stereocenters. The fourth-order valence-corrected chi connectivity index (χ4v) is 6.31. The largest absolute Gasteiger partial charge is 0.412 e. The van der Waals surface area contributed by atoms with Crippen LogP contribution in [-0.2, 0) is 17.3 Å². The maximum Gasteiger partial charge on any atom is 0.212 e. The molecule has 2 heterocycles. The van der Waals surface area contributed by atoms with Gasteiger partial charge in [-0.2, -0.15) is 4.39 Å². The summed E-state index contributed by atoms with van der Waals surface area (Å²) in [5.74, 6) is -0.485. The number of piperidine rings is 1. The summed E-state index contributed by atoms with van der Waals surface area (Å²) in [6, 6.07) is 11.9. The minimum Gasteiger partial charge on any atom is -0.412 e. The summed E-state index contributed by atoms with van der Waals surface area (Å²) in [6.07, 6.45) is 5.13. The molecular weight excluding hydrogens is 431 g/mol. The second-order valence-corrected chi connectivity index (χ2v) is 16.0. The second kappa shape index (κ2) is 9.39. The number of carbonyl (C=O) groups is 1. The lowest BCUT2D eigenvalue weighted by molar-refractivity contribution is 0.0298. The molecule has 178 valence electrons. The van der Waals surface area contributed by atoms with E-state index in [4.69, 9.17) is 4.43 Å². The molecule has 4 rings (SSSR count). The smallest absolute Gasteiger partial charge is 0.212 e. The van der Waals surface area contributed by atoms with Gasteiger partial charge in [0.15, 0.2) is 14.1 Å². The molecule has 0 saturated carbocycles. The minimum absolute atomic E-state index is 0.0239. The van der Waals surface area contributed by atoms with Crippen LogP contribution >= 0.6 is 0 Å². The Balaban J connectivity index is 1.48. The third-order valence-corrected chi connectivity index (χ3v) is 12.5. The van der Waals surface area contributed by atoms with Crippen LogP contribution in [0, 0.1) is 11.9 Å². The molecule has 4 nitrogen and oxygen atoms in total. The highest BCUT2D eigenvalue weighted by Crippen LogP contribution is 2.40. The van der Waals surface area contributed by atoms with Crippen LogP contribution in [0.15, 0.2) is 42.6 Å². The molecule has 1 aliphatic carbocycles. The molecule has 6 heteroatoms. The molecule has 2 aromatic rings. The standard InChI is InChI=1S/C27H37FN2O2Si/c1-27(2,3)33(4,5)32-24-17-21-9-7-6-8-20(21)16-23(24)30-14-12-19(13-15-30)26(31)22-10-11-25(28)29-18-22/h6-11,18-19,23-24H,12-17H2,1-5H3. The van der Waals surface area contributed by atoms with Gasteiger partial charge in [0.05, 0.1) is 6.10 Å². The molecule has 1 saturated heterocycles. The van der Waals surface area contributed by atoms with Gasteiger partial charge >= 0.3 is 0 Å². The predicted molar refractivity (Wildman–Crippen MR) is 133 cm³/mol. The Bertz CT molecular complexity index is 978. The Morgan fingerprint density at radius 1 is 1.06 bits per heavy atom. The first-order valence-corrected chi connectivity index (χ1v) is 15.1. The quantitative estimate of drug-likeness (QED) is 0.322. The van der Waals surface area contributed by atoms with Crippen LogP contribution < -0.4 is 0 Å². The Morgan fingerprint density at radius 3 is 2.27 bits per heavy atom. The summed E-state index contributed by atoms with van der Waals surface area (Å²) in [7, 11) is -1.92. The van der Waals surface area contributed by atoms with E-state index in [2.05, 4.69) is 68.0 Å². The van der Waals surface area contributed by atoms with Gasteiger partial charge in [-0.3, -0.25) is 9.69 Å². The van der Waals surface area contributed by atoms with Crippen molar-refractivity contribution in [3.63, 3.8) is 0 Å². The number of hydrogen-bond acceptors (Lipinski definition) is 4. The Kier molecular flexibility index (Phi) is 6.90. The lowest BCUT2D eigenvalue weighted by Crippen LogP contribution is -2.56. The summed E-state index contributed by atoms with van der Waals surface area (Å²) in [5, 5.41) is 0.164. The van der Waals surface area contributed by atoms with E-state index in [-0.39, 0.29) is 22.8 Å². The number of fused-ring (bicyclic) bond motifs is 1. The van der Waals surface area contributed by atoms with Crippen LogP contribution in [0.5, 0.6) is 0 Å². The summed E-state index contributed by atoms with van der Waals surface area (Å²) in [4.78, 5) is 19.1. The molecule has 0 amide bonds. The second-order valence-electron chi connectivity index (χ2n) is 11.2. The normalized spacial score (nSPS) is 22.7. The molecule has 0 radical (unpaired) electrons. The van der Waals surface area contributed by atoms with E-state index in [0.717, 1.165) is 38.8 Å². The highest BCUT2D eigenvalue weighted by atomic mass is 28.4. The minimum atomic E-state index is -1.92. The number of carbonyl (C=O) groups excluding carboxylic acids is 1. The van der Waals surface area contributed by atoms with Crippen molar-refractivity contribution < 1.29 is 13.6 Å². The predicted octanol–water partition coefficient (Wildman–Crippen LogP) is 5.67. The maximum atomic E-state index is 13.1. The Hall–Kier alpha value is -1.89. The van der Waals surface area contributed by atoms with Crippen molar-refractivity contribution in [2.75, 3.05) is 13.1 Å². The van der Waals surface area contributed by atoms with Crippen LogP contribution in [0.1, 0.15) is 55.1 Å². The van der Waals surface area contributed by atoms with Crippen LogP contribution in [0.3, 0.4) is 0 Å². The van der Waals surface area contributed by atoms with E-state index in [0.29, 0.717) is 11.6 Å². The number of benzene rings is 1. The highest BCUT2D eigenvalue weighted by Gasteiger charge is 2.43. The van der Waals surface area contributed by atoms with Gasteiger partial charge < -0.3 is 4.43 Å². The molecule has 2 aliphatic rings. The molecule has 0 N–H and O–H groups in total. The molecule has 0 spiro atoms. The van der Waals surface area contributed by atoms with Gasteiger partial charge in [-0.1, -0.05) is 45.0 Å². The SMILES string of the molecule is CC(C)(C)[Si](C)(C)OC1Cc2ccccc2CC1N1CCC(C(=O)c2ccc(F)nc2)CC1. The van der Waals surface area contributed by atoms with Gasteiger partial charge in [-0.15, -0.1) is 0 Å². The molecule has 33 heavy (non-hydrogen) atoms. The van der Waals surface area contributed by atoms with E-state index in [1.165, 1.54) is 23.4 Å². The summed E-state index contributed by atoms with van der Waals surface area (Å²) >= 11 is 0. The van der Waals surface area contributed by atoms with Gasteiger partial charge in [-0.25, -0.2) is 4.98 Å². The summed E-state index contributed by atoms with van der Waals surface area (Å²) in [6.45, 7) is 13.3. The van der Waals surface area contributed by atoms with Crippen molar-refractivity contribution in [2.45, 2.75) is 76.7 Å². The van der Waals surface area contributed by atoms with Crippen molar-refractivity contribution in [1.29, 1.82) is 0 Å². The number of nitrogens with zero attached hydrogens (tertiary/aromatic N) is 2. The zero-order valence-corrected chi connectivity index (χ0v) is 21.6. The molecule has 1 aromatic heterocycles. The number of likely N-dealkylation sites (tertiary alicyclic amines) is 1. The fraction of sp³-hybridized carbons (Fsp3) is 0.556. The Labute approximate surface area is 198 Å². The lowest BCUT2D eigenvalue weighted by atomic mass is 9.83. The number of hydrogen-bond donors (Lipinski definition) is 0. The van der Waals surface area contributed by atoms with E-state index in [9.17, 15) is 9.18 Å². The van der Waals surface area contributed by atoms with Crippen molar-refractivity contribution in [3.05, 3.63) is 65.2 Å². The third kappa shape index (κ3) is 5.28. The number of ketones is 1. The van der Waals surface area contributed by atoms with Crippen LogP contribution in [0.2, 0.25) is 18.1 Å². The monoisotopic (exact) mass is 468 g/mol. The number of halogens is 1. The van der Waals surface area contributed by atoms with Crippen molar-refractivity contribution in [3.8, 4) is 0 Å². The third-order valence-electron chi connectivity index (χ3n) is 8.03. The molecule has 2 atom stereocenters. The van der Waals surface area contributed by atoms with Crippen molar-refractivity contribution in [1.82, 2.24) is 9.88 Å². The topological polar surface area (TPSA) is 42.4 Å². The van der Waals surface area contributed by atoms with Crippen LogP contribution in [0.4, 0.5) is 4.39 Å². The molecule has 1 aliphatic heterocycles. The lowest BCUT2D eigenvalue weighted by Gasteiger charge is -2.47. The first kappa shape index (κ1) is 24.2. The highest BCUT2D eigenvalue weighted by molar-refractivity contribution is 6.74. The first-order valence-electron chi connectivity index (χ1n) is 12.2.